The summed E-state index contributed by atoms with van der Waals surface area (Å²) in [5, 5.41) is 23.1. The summed E-state index contributed by atoms with van der Waals surface area (Å²) in [7, 11) is 0. The highest BCUT2D eigenvalue weighted by atomic mass is 16.6. The van der Waals surface area contributed by atoms with Gasteiger partial charge >= 0.3 is 5.97 Å². The minimum atomic E-state index is -1.17. The first-order chi connectivity index (χ1) is 10.0. The van der Waals surface area contributed by atoms with Gasteiger partial charge in [0.1, 0.15) is 5.69 Å². The fraction of sp³-hybridized carbons (Fsp3) is 0.500. The van der Waals surface area contributed by atoms with Crippen LogP contribution in [0.5, 0.6) is 0 Å². The molecule has 0 amide bonds. The maximum atomic E-state index is 11.1. The van der Waals surface area contributed by atoms with Crippen molar-refractivity contribution in [2.45, 2.75) is 25.8 Å². The molecule has 0 radical (unpaired) electrons. The Kier molecular flexibility index (Phi) is 4.74. The number of aromatic carboxylic acids is 1. The van der Waals surface area contributed by atoms with Gasteiger partial charge in [0.15, 0.2) is 0 Å². The van der Waals surface area contributed by atoms with Gasteiger partial charge in [-0.1, -0.05) is 6.92 Å². The van der Waals surface area contributed by atoms with Crippen LogP contribution in [0.4, 0.5) is 11.4 Å². The van der Waals surface area contributed by atoms with Gasteiger partial charge in [-0.3, -0.25) is 15.0 Å². The number of benzene rings is 1. The molecule has 1 aromatic rings. The van der Waals surface area contributed by atoms with Crippen molar-refractivity contribution in [3.63, 3.8) is 0 Å². The molecule has 1 atom stereocenters. The van der Waals surface area contributed by atoms with Gasteiger partial charge in [0.05, 0.1) is 10.5 Å². The van der Waals surface area contributed by atoms with E-state index in [0.717, 1.165) is 32.0 Å². The molecule has 0 saturated carbocycles. The summed E-state index contributed by atoms with van der Waals surface area (Å²) in [6.07, 6.45) is 2.21. The van der Waals surface area contributed by atoms with Crippen molar-refractivity contribution in [2.75, 3.05) is 25.0 Å². The molecule has 21 heavy (non-hydrogen) atoms. The molecule has 114 valence electrons. The summed E-state index contributed by atoms with van der Waals surface area (Å²) in [6.45, 7) is 4.75. The number of anilines is 1. The van der Waals surface area contributed by atoms with Gasteiger partial charge in [-0.15, -0.1) is 0 Å². The zero-order valence-electron chi connectivity index (χ0n) is 11.9. The molecule has 7 heteroatoms. The quantitative estimate of drug-likeness (QED) is 0.616. The molecule has 0 aliphatic carbocycles. The third kappa shape index (κ3) is 3.49. The molecule has 1 unspecified atom stereocenters. The van der Waals surface area contributed by atoms with Gasteiger partial charge < -0.3 is 10.4 Å². The molecule has 2 N–H and O–H groups in total. The second-order valence-electron chi connectivity index (χ2n) is 5.10. The van der Waals surface area contributed by atoms with Gasteiger partial charge in [-0.2, -0.15) is 0 Å². The van der Waals surface area contributed by atoms with Crippen molar-refractivity contribution in [2.24, 2.45) is 0 Å². The fourth-order valence-electron chi connectivity index (χ4n) is 2.74. The Balaban J connectivity index is 2.12. The van der Waals surface area contributed by atoms with Crippen LogP contribution in [0.3, 0.4) is 0 Å². The Labute approximate surface area is 122 Å². The summed E-state index contributed by atoms with van der Waals surface area (Å²) < 4.78 is 0. The predicted octanol–water partition coefficient (Wildman–Crippen LogP) is 2.19. The predicted molar refractivity (Wildman–Crippen MR) is 78.8 cm³/mol. The van der Waals surface area contributed by atoms with E-state index in [9.17, 15) is 14.9 Å². The molecule has 1 heterocycles. The average molecular weight is 293 g/mol. The highest BCUT2D eigenvalue weighted by Gasteiger charge is 2.24. The molecule has 0 bridgehead atoms. The summed E-state index contributed by atoms with van der Waals surface area (Å²) in [5.41, 5.74) is 0.0900. The number of nitrogens with one attached hydrogen (secondary N) is 1. The summed E-state index contributed by atoms with van der Waals surface area (Å²) in [6, 6.07) is 4.31. The number of carbonyl (C=O) groups is 1. The van der Waals surface area contributed by atoms with Gasteiger partial charge in [-0.05, 0) is 38.1 Å². The lowest BCUT2D eigenvalue weighted by molar-refractivity contribution is -0.384. The zero-order chi connectivity index (χ0) is 15.4. The van der Waals surface area contributed by atoms with E-state index in [4.69, 9.17) is 5.11 Å². The Morgan fingerprint density at radius 2 is 2.33 bits per heavy atom. The van der Waals surface area contributed by atoms with Gasteiger partial charge in [0, 0.05) is 18.7 Å². The number of nitrogens with zero attached hydrogens (tertiary/aromatic N) is 2. The maximum absolute atomic E-state index is 11.1. The second kappa shape index (κ2) is 6.53. The van der Waals surface area contributed by atoms with Gasteiger partial charge in [-0.25, -0.2) is 4.79 Å². The number of carboxylic acids is 1. The van der Waals surface area contributed by atoms with Crippen LogP contribution >= 0.6 is 0 Å². The molecule has 7 nitrogen and oxygen atoms in total. The van der Waals surface area contributed by atoms with Crippen LogP contribution in [0.15, 0.2) is 18.2 Å². The van der Waals surface area contributed by atoms with Crippen LogP contribution in [0.2, 0.25) is 0 Å². The molecule has 0 aromatic heterocycles. The maximum Gasteiger partial charge on any atom is 0.335 e. The summed E-state index contributed by atoms with van der Waals surface area (Å²) >= 11 is 0. The Bertz CT molecular complexity index is 547. The van der Waals surface area contributed by atoms with Gasteiger partial charge in [0.25, 0.3) is 5.69 Å². The number of nitro benzene ring substituents is 1. The molecule has 1 aliphatic rings. The summed E-state index contributed by atoms with van der Waals surface area (Å²) in [4.78, 5) is 23.7. The molecule has 2 rings (SSSR count). The number of likely N-dealkylation sites (tertiary alicyclic amines) is 1. The van der Waals surface area contributed by atoms with E-state index in [1.165, 1.54) is 12.1 Å². The van der Waals surface area contributed by atoms with Crippen LogP contribution in [0.1, 0.15) is 30.1 Å². The third-order valence-electron chi connectivity index (χ3n) is 3.87. The first-order valence-electron chi connectivity index (χ1n) is 7.02. The van der Waals surface area contributed by atoms with Crippen LogP contribution in [-0.2, 0) is 0 Å². The minimum absolute atomic E-state index is 0.0803. The standard InChI is InChI=1S/C14H19N3O4/c1-2-16-7-3-4-11(16)9-15-12-6-5-10(14(18)19)8-13(12)17(20)21/h5-6,8,11,15H,2-4,7,9H2,1H3,(H,18,19). The summed E-state index contributed by atoms with van der Waals surface area (Å²) in [5.74, 6) is -1.17. The zero-order valence-corrected chi connectivity index (χ0v) is 11.9. The highest BCUT2D eigenvalue weighted by molar-refractivity contribution is 5.89. The SMILES string of the molecule is CCN1CCCC1CNc1ccc(C(=O)O)cc1[N+](=O)[O-]. The molecule has 0 spiro atoms. The van der Waals surface area contributed by atoms with E-state index < -0.39 is 10.9 Å². The molecule has 1 aromatic carbocycles. The van der Waals surface area contributed by atoms with E-state index in [-0.39, 0.29) is 11.3 Å². The monoisotopic (exact) mass is 293 g/mol. The minimum Gasteiger partial charge on any atom is -0.478 e. The van der Waals surface area contributed by atoms with Crippen molar-refractivity contribution in [3.8, 4) is 0 Å². The lowest BCUT2D eigenvalue weighted by atomic mass is 10.1. The van der Waals surface area contributed by atoms with Crippen LogP contribution in [0.25, 0.3) is 0 Å². The molecular weight excluding hydrogens is 274 g/mol. The second-order valence-corrected chi connectivity index (χ2v) is 5.10. The number of rotatable bonds is 6. The van der Waals surface area contributed by atoms with E-state index >= 15 is 0 Å². The first kappa shape index (κ1) is 15.2. The molecule has 1 fully saturated rings. The van der Waals surface area contributed by atoms with Crippen LogP contribution < -0.4 is 5.32 Å². The van der Waals surface area contributed by atoms with E-state index in [1.807, 2.05) is 0 Å². The van der Waals surface area contributed by atoms with Crippen molar-refractivity contribution >= 4 is 17.3 Å². The number of likely N-dealkylation sites (N-methyl/N-ethyl adjacent to an activating group) is 1. The molecular formula is C14H19N3O4. The highest BCUT2D eigenvalue weighted by Crippen LogP contribution is 2.26. The first-order valence-corrected chi connectivity index (χ1v) is 7.02. The van der Waals surface area contributed by atoms with E-state index in [2.05, 4.69) is 17.1 Å². The topological polar surface area (TPSA) is 95.7 Å². The van der Waals surface area contributed by atoms with Crippen molar-refractivity contribution in [3.05, 3.63) is 33.9 Å². The Hall–Kier alpha value is -2.15. The lowest BCUT2D eigenvalue weighted by Crippen LogP contribution is -2.34. The largest absolute Gasteiger partial charge is 0.478 e. The number of hydrogen-bond donors (Lipinski definition) is 2. The average Bonchev–Trinajstić information content (AvgIpc) is 2.92. The normalized spacial score (nSPS) is 18.6. The lowest BCUT2D eigenvalue weighted by Gasteiger charge is -2.23. The molecule has 1 aliphatic heterocycles. The number of nitro groups is 1. The van der Waals surface area contributed by atoms with Crippen LogP contribution in [-0.4, -0.2) is 46.6 Å². The molecule has 1 saturated heterocycles. The van der Waals surface area contributed by atoms with E-state index in [0.29, 0.717) is 18.3 Å². The van der Waals surface area contributed by atoms with Crippen LogP contribution in [0, 0.1) is 10.1 Å². The smallest absolute Gasteiger partial charge is 0.335 e. The van der Waals surface area contributed by atoms with Crippen molar-refractivity contribution < 1.29 is 14.8 Å². The van der Waals surface area contributed by atoms with E-state index in [1.54, 1.807) is 0 Å². The van der Waals surface area contributed by atoms with Gasteiger partial charge in [0.2, 0.25) is 0 Å². The number of hydrogen-bond acceptors (Lipinski definition) is 5. The Morgan fingerprint density at radius 3 is 2.95 bits per heavy atom. The third-order valence-corrected chi connectivity index (χ3v) is 3.87. The van der Waals surface area contributed by atoms with Crippen molar-refractivity contribution in [1.29, 1.82) is 0 Å². The fourth-order valence-corrected chi connectivity index (χ4v) is 2.74. The Morgan fingerprint density at radius 1 is 1.57 bits per heavy atom. The van der Waals surface area contributed by atoms with Crippen molar-refractivity contribution in [1.82, 2.24) is 4.90 Å². The number of carboxylic acid groups (broad SMARTS) is 1.